The number of rotatable bonds is 36. The summed E-state index contributed by atoms with van der Waals surface area (Å²) in [4.78, 5) is 35.5. The summed E-state index contributed by atoms with van der Waals surface area (Å²) in [6.45, 7) is 4.80. The van der Waals surface area contributed by atoms with Crippen molar-refractivity contribution in [2.45, 2.75) is 223 Å². The maximum atomic E-state index is 12.8. The molecule has 6 unspecified atom stereocenters. The lowest BCUT2D eigenvalue weighted by molar-refractivity contribution is -0.220. The zero-order valence-electron chi connectivity index (χ0n) is 33.8. The molecule has 14 heteroatoms. The van der Waals surface area contributed by atoms with Crippen LogP contribution in [0.2, 0.25) is 0 Å². The van der Waals surface area contributed by atoms with Crippen molar-refractivity contribution in [1.82, 2.24) is 0 Å². The van der Waals surface area contributed by atoms with Crippen LogP contribution in [-0.2, 0) is 32.7 Å². The van der Waals surface area contributed by atoms with Crippen molar-refractivity contribution in [2.75, 3.05) is 13.2 Å². The van der Waals surface area contributed by atoms with Crippen LogP contribution in [0.1, 0.15) is 180 Å². The largest absolute Gasteiger partial charge is 0.472 e. The lowest BCUT2D eigenvalue weighted by Gasteiger charge is -2.41. The van der Waals surface area contributed by atoms with Gasteiger partial charge in [-0.3, -0.25) is 18.6 Å². The molecule has 1 saturated carbocycles. The third-order valence-electron chi connectivity index (χ3n) is 10.3. The number of phosphoric acid groups is 1. The number of esters is 2. The van der Waals surface area contributed by atoms with Crippen LogP contribution in [0, 0.1) is 0 Å². The molecule has 0 saturated heterocycles. The van der Waals surface area contributed by atoms with Crippen molar-refractivity contribution >= 4 is 19.8 Å². The summed E-state index contributed by atoms with van der Waals surface area (Å²) in [5, 5.41) is 50.0. The van der Waals surface area contributed by atoms with Gasteiger partial charge >= 0.3 is 19.8 Å². The Labute approximate surface area is 331 Å². The lowest BCUT2D eigenvalue weighted by Crippen LogP contribution is -2.64. The van der Waals surface area contributed by atoms with Crippen LogP contribution in [0.25, 0.3) is 0 Å². The summed E-state index contributed by atoms with van der Waals surface area (Å²) in [5.41, 5.74) is 0. The zero-order chi connectivity index (χ0) is 40.7. The van der Waals surface area contributed by atoms with Gasteiger partial charge in [0.1, 0.15) is 43.2 Å². The fourth-order valence-corrected chi connectivity index (χ4v) is 7.71. The monoisotopic (exact) mass is 809 g/mol. The highest BCUT2D eigenvalue weighted by atomic mass is 31.2. The minimum Gasteiger partial charge on any atom is -0.462 e. The van der Waals surface area contributed by atoms with Gasteiger partial charge in [-0.15, -0.1) is 6.58 Å². The summed E-state index contributed by atoms with van der Waals surface area (Å²) in [5.74, 6) is -1.10. The Morgan fingerprint density at radius 1 is 0.582 bits per heavy atom. The predicted molar refractivity (Wildman–Crippen MR) is 212 cm³/mol. The van der Waals surface area contributed by atoms with Crippen LogP contribution in [0.4, 0.5) is 0 Å². The number of allylic oxidation sites excluding steroid dienone is 1. The molecule has 13 nitrogen and oxygen atoms in total. The van der Waals surface area contributed by atoms with E-state index in [0.29, 0.717) is 12.8 Å². The van der Waals surface area contributed by atoms with Gasteiger partial charge in [0.05, 0.1) is 6.61 Å². The summed E-state index contributed by atoms with van der Waals surface area (Å²) < 4.78 is 33.4. The van der Waals surface area contributed by atoms with Gasteiger partial charge < -0.3 is 39.9 Å². The van der Waals surface area contributed by atoms with Crippen molar-refractivity contribution in [2.24, 2.45) is 0 Å². The molecule has 8 atom stereocenters. The van der Waals surface area contributed by atoms with Crippen molar-refractivity contribution in [3.05, 3.63) is 12.7 Å². The number of ether oxygens (including phenoxy) is 2. The van der Waals surface area contributed by atoms with Gasteiger partial charge in [0, 0.05) is 12.8 Å². The third kappa shape index (κ3) is 25.5. The van der Waals surface area contributed by atoms with E-state index in [1.54, 1.807) is 0 Å². The summed E-state index contributed by atoms with van der Waals surface area (Å²) in [7, 11) is -5.11. The van der Waals surface area contributed by atoms with Crippen LogP contribution in [-0.4, -0.2) is 98.3 Å². The Balaban J connectivity index is 2.47. The minimum absolute atomic E-state index is 0.101. The van der Waals surface area contributed by atoms with E-state index in [4.69, 9.17) is 18.5 Å². The molecule has 1 aliphatic carbocycles. The maximum absolute atomic E-state index is 12.8. The fourth-order valence-electron chi connectivity index (χ4n) is 6.74. The average molecular weight is 809 g/mol. The first kappa shape index (κ1) is 51.6. The normalized spacial score (nSPS) is 22.9. The highest BCUT2D eigenvalue weighted by molar-refractivity contribution is 7.47. The molecule has 55 heavy (non-hydrogen) atoms. The number of hydrogen-bond acceptors (Lipinski definition) is 12. The first-order valence-electron chi connectivity index (χ1n) is 21.5. The molecule has 0 aromatic heterocycles. The molecular weight excluding hydrogens is 731 g/mol. The van der Waals surface area contributed by atoms with E-state index in [1.807, 2.05) is 6.08 Å². The van der Waals surface area contributed by atoms with E-state index in [-0.39, 0.29) is 12.8 Å². The minimum atomic E-state index is -5.11. The molecule has 6 N–H and O–H groups in total. The summed E-state index contributed by atoms with van der Waals surface area (Å²) in [6.07, 6.45) is 17.4. The number of carbonyl (C=O) groups is 2. The molecule has 0 aliphatic heterocycles. The molecule has 0 spiro atoms. The van der Waals surface area contributed by atoms with Crippen LogP contribution in [0.15, 0.2) is 12.7 Å². The Morgan fingerprint density at radius 3 is 1.40 bits per heavy atom. The van der Waals surface area contributed by atoms with Crippen molar-refractivity contribution in [3.8, 4) is 0 Å². The van der Waals surface area contributed by atoms with Gasteiger partial charge in [0.2, 0.25) is 0 Å². The van der Waals surface area contributed by atoms with Gasteiger partial charge in [0.25, 0.3) is 0 Å². The van der Waals surface area contributed by atoms with Crippen LogP contribution < -0.4 is 0 Å². The van der Waals surface area contributed by atoms with Crippen molar-refractivity contribution < 1.29 is 63.1 Å². The fraction of sp³-hybridized carbons (Fsp3) is 0.902. The first-order valence-corrected chi connectivity index (χ1v) is 22.9. The highest BCUT2D eigenvalue weighted by Gasteiger charge is 2.51. The average Bonchev–Trinajstić information content (AvgIpc) is 3.16. The molecule has 0 radical (unpaired) electrons. The topological polar surface area (TPSA) is 210 Å². The van der Waals surface area contributed by atoms with Gasteiger partial charge in [-0.25, -0.2) is 4.57 Å². The molecule has 0 heterocycles. The quantitative estimate of drug-likeness (QED) is 0.0157. The number of hydrogen-bond donors (Lipinski definition) is 6. The molecule has 324 valence electrons. The SMILES string of the molecule is C=CCCCCCCCCCCCCCCCC(=O)OC[C@H](COP(=O)(O)OC1C(O)C(O)C(O)[C@@H](O)C1O)OC(=O)CCCCCCCCCCCCC. The molecule has 0 bridgehead atoms. The van der Waals surface area contributed by atoms with E-state index < -0.39 is 75.7 Å². The lowest BCUT2D eigenvalue weighted by atomic mass is 9.85. The number of aliphatic hydroxyl groups is 5. The van der Waals surface area contributed by atoms with Gasteiger partial charge in [-0.1, -0.05) is 148 Å². The van der Waals surface area contributed by atoms with E-state index >= 15 is 0 Å². The number of phosphoric ester groups is 1. The van der Waals surface area contributed by atoms with E-state index in [2.05, 4.69) is 13.5 Å². The number of carbonyl (C=O) groups excluding carboxylic acids is 2. The number of aliphatic hydroxyl groups excluding tert-OH is 5. The number of unbranched alkanes of at least 4 members (excludes halogenated alkanes) is 23. The second kappa shape index (κ2) is 32.5. The van der Waals surface area contributed by atoms with Crippen LogP contribution in [0.3, 0.4) is 0 Å². The zero-order valence-corrected chi connectivity index (χ0v) is 34.7. The Bertz CT molecular complexity index is 1010. The molecule has 0 aromatic carbocycles. The second-order valence-corrected chi connectivity index (χ2v) is 16.7. The van der Waals surface area contributed by atoms with Crippen molar-refractivity contribution in [3.63, 3.8) is 0 Å². The molecule has 0 amide bonds. The predicted octanol–water partition coefficient (Wildman–Crippen LogP) is 7.50. The summed E-state index contributed by atoms with van der Waals surface area (Å²) in [6, 6.07) is 0. The standard InChI is InChI=1S/C41H77O13P/c1-3-5-7-9-11-13-15-16-17-18-20-21-23-25-27-29-34(42)51-31-33(53-35(43)30-28-26-24-22-19-14-12-10-8-6-4-2)32-52-55(49,50)54-41-39(47)37(45)36(44)38(46)40(41)48/h3,33,36-41,44-48H,1,4-32H2,2H3,(H,49,50)/t33-,36?,37-,38?,39?,40?,41?/m1/s1. The highest BCUT2D eigenvalue weighted by Crippen LogP contribution is 2.47. The van der Waals surface area contributed by atoms with E-state index in [0.717, 1.165) is 51.4 Å². The molecule has 1 fully saturated rings. The van der Waals surface area contributed by atoms with Crippen LogP contribution >= 0.6 is 7.82 Å². The smallest absolute Gasteiger partial charge is 0.462 e. The van der Waals surface area contributed by atoms with Gasteiger partial charge in [0.15, 0.2) is 6.10 Å². The molecular formula is C41H77O13P. The second-order valence-electron chi connectivity index (χ2n) is 15.3. The third-order valence-corrected chi connectivity index (χ3v) is 11.2. The Morgan fingerprint density at radius 2 is 0.964 bits per heavy atom. The molecule has 1 rings (SSSR count). The molecule has 1 aliphatic rings. The summed E-state index contributed by atoms with van der Waals surface area (Å²) >= 11 is 0. The Kier molecular flexibility index (Phi) is 30.5. The first-order chi connectivity index (χ1) is 26.4. The van der Waals surface area contributed by atoms with E-state index in [1.165, 1.54) is 96.3 Å². The van der Waals surface area contributed by atoms with Gasteiger partial charge in [-0.05, 0) is 25.7 Å². The molecule has 0 aromatic rings. The van der Waals surface area contributed by atoms with Gasteiger partial charge in [-0.2, -0.15) is 0 Å². The van der Waals surface area contributed by atoms with E-state index in [9.17, 15) is 44.6 Å². The van der Waals surface area contributed by atoms with Crippen molar-refractivity contribution in [1.29, 1.82) is 0 Å². The van der Waals surface area contributed by atoms with Crippen LogP contribution in [0.5, 0.6) is 0 Å². The Hall–Kier alpha value is -1.41. The maximum Gasteiger partial charge on any atom is 0.472 e.